The highest BCUT2D eigenvalue weighted by atomic mass is 79.9. The first-order valence-electron chi connectivity index (χ1n) is 4.97. The number of rotatable bonds is 3. The minimum Gasteiger partial charge on any atom is -0.457 e. The SMILES string of the molecule is ClCc1ccc(Oc2ccc(Br)cc2)cc1Cl. The Morgan fingerprint density at radius 1 is 1.00 bits per heavy atom. The summed E-state index contributed by atoms with van der Waals surface area (Å²) < 4.78 is 6.68. The second kappa shape index (κ2) is 5.76. The predicted octanol–water partition coefficient (Wildman–Crippen LogP) is 5.63. The minimum absolute atomic E-state index is 0.400. The molecule has 2 aromatic rings. The van der Waals surface area contributed by atoms with Gasteiger partial charge >= 0.3 is 0 Å². The highest BCUT2D eigenvalue weighted by Gasteiger charge is 2.02. The zero-order chi connectivity index (χ0) is 12.3. The van der Waals surface area contributed by atoms with Gasteiger partial charge in [-0.05, 0) is 42.0 Å². The van der Waals surface area contributed by atoms with E-state index in [0.29, 0.717) is 16.7 Å². The number of alkyl halides is 1. The van der Waals surface area contributed by atoms with E-state index in [-0.39, 0.29) is 0 Å². The van der Waals surface area contributed by atoms with Crippen molar-refractivity contribution in [3.8, 4) is 11.5 Å². The second-order valence-corrected chi connectivity index (χ2v) is 5.03. The van der Waals surface area contributed by atoms with E-state index in [1.807, 2.05) is 36.4 Å². The lowest BCUT2D eigenvalue weighted by molar-refractivity contribution is 0.482. The van der Waals surface area contributed by atoms with Crippen LogP contribution in [0.15, 0.2) is 46.9 Å². The number of halogens is 3. The topological polar surface area (TPSA) is 9.23 Å². The van der Waals surface area contributed by atoms with E-state index in [9.17, 15) is 0 Å². The highest BCUT2D eigenvalue weighted by Crippen LogP contribution is 2.28. The van der Waals surface area contributed by atoms with Gasteiger partial charge in [-0.25, -0.2) is 0 Å². The Morgan fingerprint density at radius 2 is 1.65 bits per heavy atom. The van der Waals surface area contributed by atoms with Crippen molar-refractivity contribution in [1.82, 2.24) is 0 Å². The third-order valence-electron chi connectivity index (χ3n) is 2.22. The van der Waals surface area contributed by atoms with Crippen LogP contribution in [0.4, 0.5) is 0 Å². The molecule has 0 radical (unpaired) electrons. The molecule has 0 atom stereocenters. The van der Waals surface area contributed by atoms with Gasteiger partial charge in [0.15, 0.2) is 0 Å². The molecule has 0 unspecified atom stereocenters. The Bertz CT molecular complexity index is 511. The highest BCUT2D eigenvalue weighted by molar-refractivity contribution is 9.10. The summed E-state index contributed by atoms with van der Waals surface area (Å²) in [5.41, 5.74) is 0.900. The molecule has 88 valence electrons. The molecule has 0 aliphatic heterocycles. The van der Waals surface area contributed by atoms with Crippen LogP contribution in [0.3, 0.4) is 0 Å². The van der Waals surface area contributed by atoms with Crippen molar-refractivity contribution >= 4 is 39.1 Å². The first kappa shape index (κ1) is 12.7. The van der Waals surface area contributed by atoms with Crippen LogP contribution in [0.25, 0.3) is 0 Å². The van der Waals surface area contributed by atoms with E-state index in [4.69, 9.17) is 27.9 Å². The molecule has 0 N–H and O–H groups in total. The molecule has 0 heterocycles. The third kappa shape index (κ3) is 3.38. The summed E-state index contributed by atoms with van der Waals surface area (Å²) in [5.74, 6) is 1.87. The van der Waals surface area contributed by atoms with Gasteiger partial charge < -0.3 is 4.74 Å². The van der Waals surface area contributed by atoms with Gasteiger partial charge in [0.2, 0.25) is 0 Å². The summed E-state index contributed by atoms with van der Waals surface area (Å²) in [6.07, 6.45) is 0. The quantitative estimate of drug-likeness (QED) is 0.662. The Kier molecular flexibility index (Phi) is 4.32. The Labute approximate surface area is 118 Å². The largest absolute Gasteiger partial charge is 0.457 e. The van der Waals surface area contributed by atoms with Crippen LogP contribution in [0.1, 0.15) is 5.56 Å². The summed E-state index contributed by atoms with van der Waals surface area (Å²) in [6.45, 7) is 0. The average molecular weight is 332 g/mol. The maximum Gasteiger partial charge on any atom is 0.128 e. The molecule has 0 saturated carbocycles. The monoisotopic (exact) mass is 330 g/mol. The maximum atomic E-state index is 6.05. The Morgan fingerprint density at radius 3 is 2.24 bits per heavy atom. The Hall–Kier alpha value is -0.700. The molecule has 0 amide bonds. The summed E-state index contributed by atoms with van der Waals surface area (Å²) >= 11 is 15.2. The number of hydrogen-bond acceptors (Lipinski definition) is 1. The second-order valence-electron chi connectivity index (χ2n) is 3.44. The van der Waals surface area contributed by atoms with Crippen molar-refractivity contribution in [2.24, 2.45) is 0 Å². The van der Waals surface area contributed by atoms with Gasteiger partial charge in [-0.2, -0.15) is 0 Å². The Balaban J connectivity index is 2.19. The lowest BCUT2D eigenvalue weighted by atomic mass is 10.2. The van der Waals surface area contributed by atoms with Crippen LogP contribution in [-0.2, 0) is 5.88 Å². The predicted molar refractivity (Wildman–Crippen MR) is 75.2 cm³/mol. The van der Waals surface area contributed by atoms with Crippen molar-refractivity contribution in [1.29, 1.82) is 0 Å². The normalized spacial score (nSPS) is 10.3. The third-order valence-corrected chi connectivity index (χ3v) is 3.39. The summed E-state index contributed by atoms with van der Waals surface area (Å²) in [4.78, 5) is 0. The van der Waals surface area contributed by atoms with Crippen molar-refractivity contribution in [2.75, 3.05) is 0 Å². The van der Waals surface area contributed by atoms with Gasteiger partial charge in [-0.1, -0.05) is 33.6 Å². The van der Waals surface area contributed by atoms with E-state index in [1.54, 1.807) is 6.07 Å². The molecule has 0 saturated heterocycles. The zero-order valence-corrected chi connectivity index (χ0v) is 11.9. The van der Waals surface area contributed by atoms with E-state index >= 15 is 0 Å². The van der Waals surface area contributed by atoms with Crippen molar-refractivity contribution in [3.05, 3.63) is 57.5 Å². The van der Waals surface area contributed by atoms with Crippen LogP contribution < -0.4 is 4.74 Å². The summed E-state index contributed by atoms with van der Waals surface area (Å²) in [7, 11) is 0. The van der Waals surface area contributed by atoms with E-state index in [2.05, 4.69) is 15.9 Å². The van der Waals surface area contributed by atoms with Crippen molar-refractivity contribution in [2.45, 2.75) is 5.88 Å². The van der Waals surface area contributed by atoms with Crippen LogP contribution >= 0.6 is 39.1 Å². The van der Waals surface area contributed by atoms with E-state index in [1.165, 1.54) is 0 Å². The summed E-state index contributed by atoms with van der Waals surface area (Å²) in [6, 6.07) is 13.1. The minimum atomic E-state index is 0.400. The zero-order valence-electron chi connectivity index (χ0n) is 8.79. The molecule has 0 aliphatic carbocycles. The van der Waals surface area contributed by atoms with Gasteiger partial charge in [0.1, 0.15) is 11.5 Å². The van der Waals surface area contributed by atoms with Gasteiger partial charge in [-0.3, -0.25) is 0 Å². The fourth-order valence-electron chi connectivity index (χ4n) is 1.34. The van der Waals surface area contributed by atoms with Crippen LogP contribution in [0, 0.1) is 0 Å². The first-order valence-corrected chi connectivity index (χ1v) is 6.67. The summed E-state index contributed by atoms with van der Waals surface area (Å²) in [5, 5.41) is 0.620. The number of ether oxygens (including phenoxy) is 1. The molecule has 0 fully saturated rings. The van der Waals surface area contributed by atoms with Gasteiger partial charge in [0.05, 0.1) is 0 Å². The fourth-order valence-corrected chi connectivity index (χ4v) is 2.14. The van der Waals surface area contributed by atoms with Crippen LogP contribution in [0.2, 0.25) is 5.02 Å². The molecule has 1 nitrogen and oxygen atoms in total. The maximum absolute atomic E-state index is 6.05. The molecule has 17 heavy (non-hydrogen) atoms. The van der Waals surface area contributed by atoms with E-state index in [0.717, 1.165) is 15.8 Å². The number of hydrogen-bond donors (Lipinski definition) is 0. The number of benzene rings is 2. The molecular weight excluding hydrogens is 323 g/mol. The molecule has 0 aliphatic rings. The van der Waals surface area contributed by atoms with Crippen molar-refractivity contribution < 1.29 is 4.74 Å². The molecule has 0 bridgehead atoms. The first-order chi connectivity index (χ1) is 8.19. The average Bonchev–Trinajstić information content (AvgIpc) is 2.32. The van der Waals surface area contributed by atoms with Crippen molar-refractivity contribution in [3.63, 3.8) is 0 Å². The molecule has 4 heteroatoms. The molecule has 0 aromatic heterocycles. The molecular formula is C13H9BrCl2O. The van der Waals surface area contributed by atoms with Gasteiger partial charge in [0, 0.05) is 15.4 Å². The molecule has 0 spiro atoms. The molecule has 2 aromatic carbocycles. The lowest BCUT2D eigenvalue weighted by Crippen LogP contribution is -1.86. The van der Waals surface area contributed by atoms with E-state index < -0.39 is 0 Å². The standard InChI is InChI=1S/C13H9BrCl2O/c14-10-2-5-11(6-3-10)17-12-4-1-9(8-15)13(16)7-12/h1-7H,8H2. The van der Waals surface area contributed by atoms with Crippen LogP contribution in [-0.4, -0.2) is 0 Å². The fraction of sp³-hybridized carbons (Fsp3) is 0.0769. The smallest absolute Gasteiger partial charge is 0.128 e. The van der Waals surface area contributed by atoms with Crippen LogP contribution in [0.5, 0.6) is 11.5 Å². The molecule has 2 rings (SSSR count). The lowest BCUT2D eigenvalue weighted by Gasteiger charge is -2.07. The van der Waals surface area contributed by atoms with Gasteiger partial charge in [0.25, 0.3) is 0 Å². The van der Waals surface area contributed by atoms with Gasteiger partial charge in [-0.15, -0.1) is 11.6 Å².